The standard InChI is InChI=1S/C24H32N4O5S/c1-2-3-15-27(17-14-23(29)26-31)34(32,33)28-16-13-22(18-28)25-24(30)21-11-9-20(10-12-21)19-7-5-4-6-8-19/h4-12,22,31H,2-3,13-18H2,1H3,(H,25,30)(H,26,29). The van der Waals surface area contributed by atoms with Crippen LogP contribution in [0.2, 0.25) is 0 Å². The van der Waals surface area contributed by atoms with Gasteiger partial charge in [-0.25, -0.2) is 5.48 Å². The van der Waals surface area contributed by atoms with E-state index in [1.165, 1.54) is 14.1 Å². The lowest BCUT2D eigenvalue weighted by Gasteiger charge is -2.27. The predicted octanol–water partition coefficient (Wildman–Crippen LogP) is 2.40. The normalized spacial score (nSPS) is 16.5. The van der Waals surface area contributed by atoms with Gasteiger partial charge in [0.25, 0.3) is 16.1 Å². The summed E-state index contributed by atoms with van der Waals surface area (Å²) in [5.41, 5.74) is 4.12. The Bertz CT molecular complexity index is 1060. The van der Waals surface area contributed by atoms with E-state index in [9.17, 15) is 18.0 Å². The summed E-state index contributed by atoms with van der Waals surface area (Å²) < 4.78 is 28.9. The topological polar surface area (TPSA) is 119 Å². The zero-order valence-corrected chi connectivity index (χ0v) is 20.1. The molecule has 9 nitrogen and oxygen atoms in total. The number of amides is 2. The van der Waals surface area contributed by atoms with Crippen molar-refractivity contribution >= 4 is 22.0 Å². The Balaban J connectivity index is 1.60. The third-order valence-electron chi connectivity index (χ3n) is 5.87. The molecule has 1 fully saturated rings. The van der Waals surface area contributed by atoms with Crippen molar-refractivity contribution in [3.8, 4) is 11.1 Å². The molecule has 2 aromatic rings. The van der Waals surface area contributed by atoms with Crippen molar-refractivity contribution in [1.82, 2.24) is 19.4 Å². The fourth-order valence-electron chi connectivity index (χ4n) is 3.89. The van der Waals surface area contributed by atoms with E-state index in [4.69, 9.17) is 5.21 Å². The minimum Gasteiger partial charge on any atom is -0.348 e. The second kappa shape index (κ2) is 12.1. The third kappa shape index (κ3) is 6.63. The molecular formula is C24H32N4O5S. The Morgan fingerprint density at radius 1 is 1.06 bits per heavy atom. The smallest absolute Gasteiger partial charge is 0.282 e. The number of hydroxylamine groups is 1. The van der Waals surface area contributed by atoms with Crippen molar-refractivity contribution in [2.75, 3.05) is 26.2 Å². The lowest BCUT2D eigenvalue weighted by molar-refractivity contribution is -0.129. The van der Waals surface area contributed by atoms with Crippen molar-refractivity contribution < 1.29 is 23.2 Å². The van der Waals surface area contributed by atoms with Gasteiger partial charge in [0, 0.05) is 44.2 Å². The monoisotopic (exact) mass is 488 g/mol. The quantitative estimate of drug-likeness (QED) is 0.332. The van der Waals surface area contributed by atoms with Crippen LogP contribution in [0.3, 0.4) is 0 Å². The maximum atomic E-state index is 13.2. The summed E-state index contributed by atoms with van der Waals surface area (Å²) >= 11 is 0. The van der Waals surface area contributed by atoms with Gasteiger partial charge in [-0.1, -0.05) is 55.8 Å². The van der Waals surface area contributed by atoms with Gasteiger partial charge in [0.2, 0.25) is 5.91 Å². The molecule has 0 radical (unpaired) electrons. The molecule has 1 aliphatic heterocycles. The van der Waals surface area contributed by atoms with Crippen LogP contribution in [0.15, 0.2) is 54.6 Å². The van der Waals surface area contributed by atoms with Gasteiger partial charge >= 0.3 is 0 Å². The van der Waals surface area contributed by atoms with E-state index < -0.39 is 16.1 Å². The number of benzene rings is 2. The first kappa shape index (κ1) is 25.8. The molecule has 1 aliphatic rings. The molecule has 1 heterocycles. The average Bonchev–Trinajstić information content (AvgIpc) is 3.33. The molecular weight excluding hydrogens is 456 g/mol. The first-order valence-electron chi connectivity index (χ1n) is 11.5. The van der Waals surface area contributed by atoms with Crippen LogP contribution in [0.4, 0.5) is 0 Å². The first-order valence-corrected chi connectivity index (χ1v) is 12.9. The fourth-order valence-corrected chi connectivity index (χ4v) is 5.60. The molecule has 34 heavy (non-hydrogen) atoms. The molecule has 3 N–H and O–H groups in total. The fraction of sp³-hybridized carbons (Fsp3) is 0.417. The van der Waals surface area contributed by atoms with Crippen molar-refractivity contribution in [3.05, 3.63) is 60.2 Å². The van der Waals surface area contributed by atoms with Gasteiger partial charge in [-0.2, -0.15) is 17.0 Å². The first-order chi connectivity index (χ1) is 16.3. The van der Waals surface area contributed by atoms with Crippen LogP contribution in [0.5, 0.6) is 0 Å². The Morgan fingerprint density at radius 2 is 1.74 bits per heavy atom. The lowest BCUT2D eigenvalue weighted by atomic mass is 10.0. The minimum absolute atomic E-state index is 0.0178. The molecule has 2 amide bonds. The van der Waals surface area contributed by atoms with Crippen molar-refractivity contribution in [1.29, 1.82) is 0 Å². The summed E-state index contributed by atoms with van der Waals surface area (Å²) in [5, 5.41) is 11.6. The summed E-state index contributed by atoms with van der Waals surface area (Å²) in [5.74, 6) is -0.882. The molecule has 0 bridgehead atoms. The van der Waals surface area contributed by atoms with Crippen LogP contribution in [0, 0.1) is 0 Å². The molecule has 1 atom stereocenters. The number of hydrogen-bond donors (Lipinski definition) is 3. The number of hydrogen-bond acceptors (Lipinski definition) is 5. The maximum absolute atomic E-state index is 13.2. The van der Waals surface area contributed by atoms with Gasteiger partial charge in [0.1, 0.15) is 0 Å². The molecule has 0 spiro atoms. The number of carbonyl (C=O) groups is 2. The zero-order chi connectivity index (χ0) is 24.6. The summed E-state index contributed by atoms with van der Waals surface area (Å²) in [6.45, 7) is 2.69. The SMILES string of the molecule is CCCCN(CCC(=O)NO)S(=O)(=O)N1CCC(NC(=O)c2ccc(-c3ccccc3)cc2)C1. The molecule has 10 heteroatoms. The minimum atomic E-state index is -3.79. The number of carbonyl (C=O) groups excluding carboxylic acids is 2. The largest absolute Gasteiger partial charge is 0.348 e. The molecule has 0 saturated carbocycles. The van der Waals surface area contributed by atoms with Gasteiger partial charge in [-0.15, -0.1) is 0 Å². The summed E-state index contributed by atoms with van der Waals surface area (Å²) in [6, 6.07) is 16.9. The Morgan fingerprint density at radius 3 is 2.38 bits per heavy atom. The van der Waals surface area contributed by atoms with Crippen LogP contribution in [-0.4, -0.2) is 66.3 Å². The molecule has 1 unspecified atom stereocenters. The van der Waals surface area contributed by atoms with Crippen molar-refractivity contribution in [3.63, 3.8) is 0 Å². The Kier molecular flexibility index (Phi) is 9.17. The van der Waals surface area contributed by atoms with E-state index >= 15 is 0 Å². The van der Waals surface area contributed by atoms with E-state index in [1.54, 1.807) is 12.1 Å². The summed E-state index contributed by atoms with van der Waals surface area (Å²) in [6.07, 6.45) is 1.84. The van der Waals surface area contributed by atoms with Crippen molar-refractivity contribution in [2.45, 2.75) is 38.6 Å². The lowest BCUT2D eigenvalue weighted by Crippen LogP contribution is -2.46. The highest BCUT2D eigenvalue weighted by molar-refractivity contribution is 7.86. The summed E-state index contributed by atoms with van der Waals surface area (Å²) in [4.78, 5) is 24.1. The number of unbranched alkanes of at least 4 members (excludes halogenated alkanes) is 1. The van der Waals surface area contributed by atoms with E-state index in [2.05, 4.69) is 5.32 Å². The molecule has 3 rings (SSSR count). The third-order valence-corrected chi connectivity index (χ3v) is 7.87. The van der Waals surface area contributed by atoms with Crippen LogP contribution >= 0.6 is 0 Å². The molecule has 1 saturated heterocycles. The Hall–Kier alpha value is -2.79. The summed E-state index contributed by atoms with van der Waals surface area (Å²) in [7, 11) is -3.79. The highest BCUT2D eigenvalue weighted by Crippen LogP contribution is 2.21. The van der Waals surface area contributed by atoms with Crippen LogP contribution in [0.25, 0.3) is 11.1 Å². The number of nitrogens with zero attached hydrogens (tertiary/aromatic N) is 2. The van der Waals surface area contributed by atoms with Gasteiger partial charge < -0.3 is 5.32 Å². The van der Waals surface area contributed by atoms with E-state index in [1.807, 2.05) is 49.4 Å². The molecule has 0 aliphatic carbocycles. The van der Waals surface area contributed by atoms with E-state index in [0.717, 1.165) is 17.5 Å². The van der Waals surface area contributed by atoms with Gasteiger partial charge in [-0.3, -0.25) is 14.8 Å². The highest BCUT2D eigenvalue weighted by Gasteiger charge is 2.36. The Labute approximate surface area is 200 Å². The molecule has 0 aromatic heterocycles. The van der Waals surface area contributed by atoms with Gasteiger partial charge in [0.05, 0.1) is 0 Å². The predicted molar refractivity (Wildman–Crippen MR) is 129 cm³/mol. The highest BCUT2D eigenvalue weighted by atomic mass is 32.2. The van der Waals surface area contributed by atoms with E-state index in [0.29, 0.717) is 24.9 Å². The van der Waals surface area contributed by atoms with Crippen molar-refractivity contribution in [2.24, 2.45) is 0 Å². The zero-order valence-electron chi connectivity index (χ0n) is 19.3. The van der Waals surface area contributed by atoms with Crippen LogP contribution < -0.4 is 10.8 Å². The van der Waals surface area contributed by atoms with Crippen LogP contribution in [-0.2, 0) is 15.0 Å². The second-order valence-corrected chi connectivity index (χ2v) is 10.2. The number of nitrogens with one attached hydrogen (secondary N) is 2. The maximum Gasteiger partial charge on any atom is 0.282 e. The molecule has 2 aromatic carbocycles. The van der Waals surface area contributed by atoms with Gasteiger partial charge in [-0.05, 0) is 36.1 Å². The van der Waals surface area contributed by atoms with Crippen LogP contribution in [0.1, 0.15) is 43.0 Å². The second-order valence-electron chi connectivity index (χ2n) is 8.31. The average molecular weight is 489 g/mol. The van der Waals surface area contributed by atoms with E-state index in [-0.39, 0.29) is 38.0 Å². The van der Waals surface area contributed by atoms with Gasteiger partial charge in [0.15, 0.2) is 0 Å². The molecule has 184 valence electrons. The number of rotatable bonds is 11.